The zero-order valence-electron chi connectivity index (χ0n) is 9.61. The summed E-state index contributed by atoms with van der Waals surface area (Å²) in [6.07, 6.45) is 0. The van der Waals surface area contributed by atoms with Crippen molar-refractivity contribution in [2.45, 2.75) is 13.5 Å². The quantitative estimate of drug-likeness (QED) is 0.927. The zero-order valence-corrected chi connectivity index (χ0v) is 11.2. The number of hydrogen-bond donors (Lipinski definition) is 1. The SMILES string of the molecule is Cc1ccc(Oc2cc(Br)ccc2CN)cc1. The smallest absolute Gasteiger partial charge is 0.133 e. The lowest BCUT2D eigenvalue weighted by Crippen LogP contribution is -1.99. The van der Waals surface area contributed by atoms with Gasteiger partial charge in [0.05, 0.1) is 0 Å². The van der Waals surface area contributed by atoms with Gasteiger partial charge < -0.3 is 10.5 Å². The molecule has 0 spiro atoms. The lowest BCUT2D eigenvalue weighted by Gasteiger charge is -2.10. The Hall–Kier alpha value is -1.32. The Morgan fingerprint density at radius 3 is 2.47 bits per heavy atom. The van der Waals surface area contributed by atoms with Crippen molar-refractivity contribution in [3.05, 3.63) is 58.1 Å². The third-order valence-corrected chi connectivity index (χ3v) is 2.99. The van der Waals surface area contributed by atoms with Crippen LogP contribution in [0.5, 0.6) is 11.5 Å². The zero-order chi connectivity index (χ0) is 12.3. The molecule has 0 aliphatic heterocycles. The average Bonchev–Trinajstić information content (AvgIpc) is 2.32. The molecule has 0 radical (unpaired) electrons. The Morgan fingerprint density at radius 1 is 1.12 bits per heavy atom. The maximum atomic E-state index is 5.83. The molecular weight excluding hydrogens is 278 g/mol. The Kier molecular flexibility index (Phi) is 3.82. The van der Waals surface area contributed by atoms with Gasteiger partial charge in [-0.05, 0) is 31.2 Å². The highest BCUT2D eigenvalue weighted by molar-refractivity contribution is 9.10. The molecule has 0 heterocycles. The Bertz CT molecular complexity index is 508. The summed E-state index contributed by atoms with van der Waals surface area (Å²) in [5.41, 5.74) is 7.89. The van der Waals surface area contributed by atoms with Crippen LogP contribution in [0, 0.1) is 6.92 Å². The second-order valence-corrected chi connectivity index (χ2v) is 4.79. The fourth-order valence-corrected chi connectivity index (χ4v) is 1.87. The first kappa shape index (κ1) is 12.1. The van der Waals surface area contributed by atoms with Gasteiger partial charge in [-0.15, -0.1) is 0 Å². The molecule has 2 aromatic carbocycles. The topological polar surface area (TPSA) is 35.2 Å². The monoisotopic (exact) mass is 291 g/mol. The number of rotatable bonds is 3. The molecule has 0 bridgehead atoms. The first-order chi connectivity index (χ1) is 8.19. The summed E-state index contributed by atoms with van der Waals surface area (Å²) in [6, 6.07) is 13.8. The van der Waals surface area contributed by atoms with Gasteiger partial charge in [-0.25, -0.2) is 0 Å². The van der Waals surface area contributed by atoms with E-state index in [9.17, 15) is 0 Å². The van der Waals surface area contributed by atoms with Crippen molar-refractivity contribution in [3.8, 4) is 11.5 Å². The van der Waals surface area contributed by atoms with Crippen LogP contribution in [-0.2, 0) is 6.54 Å². The minimum atomic E-state index is 0.467. The lowest BCUT2D eigenvalue weighted by atomic mass is 10.2. The molecule has 2 rings (SSSR count). The molecule has 0 aliphatic rings. The van der Waals surface area contributed by atoms with Crippen LogP contribution in [0.25, 0.3) is 0 Å². The molecule has 0 amide bonds. The minimum absolute atomic E-state index is 0.467. The standard InChI is InChI=1S/C14H14BrNO/c1-10-2-6-13(7-3-10)17-14-8-12(15)5-4-11(14)9-16/h2-8H,9,16H2,1H3. The summed E-state index contributed by atoms with van der Waals surface area (Å²) in [5.74, 6) is 1.62. The van der Waals surface area contributed by atoms with Crippen molar-refractivity contribution in [1.82, 2.24) is 0 Å². The summed E-state index contributed by atoms with van der Waals surface area (Å²) in [5, 5.41) is 0. The van der Waals surface area contributed by atoms with Crippen molar-refractivity contribution >= 4 is 15.9 Å². The molecule has 0 unspecified atom stereocenters. The highest BCUT2D eigenvalue weighted by atomic mass is 79.9. The highest BCUT2D eigenvalue weighted by Gasteiger charge is 2.04. The van der Waals surface area contributed by atoms with Crippen molar-refractivity contribution in [2.75, 3.05) is 0 Å². The first-order valence-electron chi connectivity index (χ1n) is 5.42. The maximum Gasteiger partial charge on any atom is 0.133 e. The molecule has 88 valence electrons. The molecule has 0 fully saturated rings. The van der Waals surface area contributed by atoms with E-state index in [1.54, 1.807) is 0 Å². The van der Waals surface area contributed by atoms with Gasteiger partial charge in [0.1, 0.15) is 11.5 Å². The summed E-state index contributed by atoms with van der Waals surface area (Å²) in [7, 11) is 0. The van der Waals surface area contributed by atoms with Crippen molar-refractivity contribution in [3.63, 3.8) is 0 Å². The van der Waals surface area contributed by atoms with Crippen LogP contribution in [0.2, 0.25) is 0 Å². The van der Waals surface area contributed by atoms with Crippen LogP contribution in [0.15, 0.2) is 46.9 Å². The third kappa shape index (κ3) is 3.08. The van der Waals surface area contributed by atoms with Crippen LogP contribution in [-0.4, -0.2) is 0 Å². The van der Waals surface area contributed by atoms with Gasteiger partial charge in [0.2, 0.25) is 0 Å². The van der Waals surface area contributed by atoms with Crippen LogP contribution in [0.4, 0.5) is 0 Å². The number of aryl methyl sites for hydroxylation is 1. The molecule has 0 saturated heterocycles. The molecule has 0 aliphatic carbocycles. The predicted octanol–water partition coefficient (Wildman–Crippen LogP) is 4.01. The highest BCUT2D eigenvalue weighted by Crippen LogP contribution is 2.28. The van der Waals surface area contributed by atoms with Gasteiger partial charge in [0.15, 0.2) is 0 Å². The minimum Gasteiger partial charge on any atom is -0.457 e. The summed E-state index contributed by atoms with van der Waals surface area (Å²) >= 11 is 3.43. The Labute approximate surface area is 110 Å². The van der Waals surface area contributed by atoms with Gasteiger partial charge >= 0.3 is 0 Å². The molecule has 2 N–H and O–H groups in total. The van der Waals surface area contributed by atoms with E-state index in [0.29, 0.717) is 6.54 Å². The summed E-state index contributed by atoms with van der Waals surface area (Å²) in [6.45, 7) is 2.52. The molecule has 3 heteroatoms. The van der Waals surface area contributed by atoms with Crippen LogP contribution >= 0.6 is 15.9 Å². The largest absolute Gasteiger partial charge is 0.457 e. The molecule has 0 atom stereocenters. The van der Waals surface area contributed by atoms with Crippen LogP contribution < -0.4 is 10.5 Å². The second kappa shape index (κ2) is 5.34. The van der Waals surface area contributed by atoms with E-state index < -0.39 is 0 Å². The van der Waals surface area contributed by atoms with Crippen LogP contribution in [0.1, 0.15) is 11.1 Å². The van der Waals surface area contributed by atoms with E-state index in [1.165, 1.54) is 5.56 Å². The molecule has 2 nitrogen and oxygen atoms in total. The second-order valence-electron chi connectivity index (χ2n) is 3.87. The lowest BCUT2D eigenvalue weighted by molar-refractivity contribution is 0.476. The van der Waals surface area contributed by atoms with E-state index in [1.807, 2.05) is 49.4 Å². The number of hydrogen-bond acceptors (Lipinski definition) is 2. The Balaban J connectivity index is 2.28. The number of nitrogens with two attached hydrogens (primary N) is 1. The van der Waals surface area contributed by atoms with E-state index in [4.69, 9.17) is 10.5 Å². The predicted molar refractivity (Wildman–Crippen MR) is 73.3 cm³/mol. The van der Waals surface area contributed by atoms with Gasteiger partial charge in [-0.3, -0.25) is 0 Å². The van der Waals surface area contributed by atoms with Gasteiger partial charge in [0, 0.05) is 16.6 Å². The molecular formula is C14H14BrNO. The molecule has 17 heavy (non-hydrogen) atoms. The van der Waals surface area contributed by atoms with E-state index in [0.717, 1.165) is 21.5 Å². The van der Waals surface area contributed by atoms with Crippen LogP contribution in [0.3, 0.4) is 0 Å². The van der Waals surface area contributed by atoms with Crippen molar-refractivity contribution in [2.24, 2.45) is 5.73 Å². The van der Waals surface area contributed by atoms with E-state index in [-0.39, 0.29) is 0 Å². The first-order valence-corrected chi connectivity index (χ1v) is 6.21. The van der Waals surface area contributed by atoms with Crippen molar-refractivity contribution < 1.29 is 4.74 Å². The van der Waals surface area contributed by atoms with Gasteiger partial charge in [-0.2, -0.15) is 0 Å². The maximum absolute atomic E-state index is 5.83. The molecule has 2 aromatic rings. The summed E-state index contributed by atoms with van der Waals surface area (Å²) in [4.78, 5) is 0. The van der Waals surface area contributed by atoms with Gasteiger partial charge in [-0.1, -0.05) is 39.7 Å². The fraction of sp³-hybridized carbons (Fsp3) is 0.143. The normalized spacial score (nSPS) is 10.3. The van der Waals surface area contributed by atoms with Gasteiger partial charge in [0.25, 0.3) is 0 Å². The number of halogens is 1. The average molecular weight is 292 g/mol. The number of ether oxygens (including phenoxy) is 1. The molecule has 0 saturated carbocycles. The van der Waals surface area contributed by atoms with Crippen molar-refractivity contribution in [1.29, 1.82) is 0 Å². The number of benzene rings is 2. The fourth-order valence-electron chi connectivity index (χ4n) is 1.53. The van der Waals surface area contributed by atoms with E-state index in [2.05, 4.69) is 15.9 Å². The molecule has 0 aromatic heterocycles. The Morgan fingerprint density at radius 2 is 1.82 bits per heavy atom. The third-order valence-electron chi connectivity index (χ3n) is 2.50. The van der Waals surface area contributed by atoms with E-state index >= 15 is 0 Å². The summed E-state index contributed by atoms with van der Waals surface area (Å²) < 4.78 is 6.81.